The van der Waals surface area contributed by atoms with Gasteiger partial charge in [-0.1, -0.05) is 36.4 Å². The summed E-state index contributed by atoms with van der Waals surface area (Å²) in [6, 6.07) is 17.4. The summed E-state index contributed by atoms with van der Waals surface area (Å²) in [5.74, 6) is 2.54. The quantitative estimate of drug-likeness (QED) is 0.575. The van der Waals surface area contributed by atoms with E-state index in [1.807, 2.05) is 54.6 Å². The largest absolute Gasteiger partial charge is 0.497 e. The molecule has 0 aliphatic heterocycles. The van der Waals surface area contributed by atoms with E-state index in [-0.39, 0.29) is 0 Å². The number of ether oxygens (including phenoxy) is 2. The van der Waals surface area contributed by atoms with E-state index in [2.05, 4.69) is 27.2 Å². The van der Waals surface area contributed by atoms with E-state index >= 15 is 0 Å². The lowest BCUT2D eigenvalue weighted by Gasteiger charge is -2.14. The number of hydrogen-bond acceptors (Lipinski definition) is 6. The molecule has 1 aromatic heterocycles. The Hall–Kier alpha value is -3.54. The Labute approximate surface area is 158 Å². The molecule has 0 amide bonds. The average Bonchev–Trinajstić information content (AvgIpc) is 2.72. The molecular formula is C21H22N4O2. The molecule has 0 saturated heterocycles. The molecular weight excluding hydrogens is 340 g/mol. The molecule has 3 aromatic rings. The van der Waals surface area contributed by atoms with Crippen molar-refractivity contribution in [3.8, 4) is 22.8 Å². The Morgan fingerprint density at radius 2 is 1.81 bits per heavy atom. The summed E-state index contributed by atoms with van der Waals surface area (Å²) in [6.45, 7) is 4.34. The zero-order valence-electron chi connectivity index (χ0n) is 15.4. The molecule has 3 rings (SSSR count). The topological polar surface area (TPSA) is 68.3 Å². The molecule has 0 fully saturated rings. The van der Waals surface area contributed by atoms with Gasteiger partial charge >= 0.3 is 0 Å². The van der Waals surface area contributed by atoms with Gasteiger partial charge in [0, 0.05) is 24.2 Å². The van der Waals surface area contributed by atoms with Gasteiger partial charge in [-0.05, 0) is 12.1 Å². The van der Waals surface area contributed by atoms with Gasteiger partial charge in [0.2, 0.25) is 5.95 Å². The molecule has 0 spiro atoms. The summed E-state index contributed by atoms with van der Waals surface area (Å²) in [6.07, 6.45) is 1.78. The van der Waals surface area contributed by atoms with Crippen molar-refractivity contribution >= 4 is 17.5 Å². The first-order valence-corrected chi connectivity index (χ1v) is 8.52. The molecule has 1 heterocycles. The Morgan fingerprint density at radius 3 is 2.52 bits per heavy atom. The van der Waals surface area contributed by atoms with Crippen molar-refractivity contribution < 1.29 is 9.47 Å². The molecule has 6 heteroatoms. The van der Waals surface area contributed by atoms with E-state index in [0.29, 0.717) is 29.8 Å². The van der Waals surface area contributed by atoms with E-state index in [0.717, 1.165) is 16.9 Å². The van der Waals surface area contributed by atoms with Crippen LogP contribution in [0.15, 0.2) is 67.3 Å². The normalized spacial score (nSPS) is 10.1. The van der Waals surface area contributed by atoms with Crippen LogP contribution in [-0.4, -0.2) is 30.7 Å². The molecule has 2 N–H and O–H groups in total. The molecule has 2 aromatic carbocycles. The van der Waals surface area contributed by atoms with Gasteiger partial charge in [-0.15, -0.1) is 6.58 Å². The second-order valence-electron chi connectivity index (χ2n) is 5.69. The maximum atomic E-state index is 5.42. The van der Waals surface area contributed by atoms with Crippen LogP contribution in [0.2, 0.25) is 0 Å². The fraction of sp³-hybridized carbons (Fsp3) is 0.143. The first kappa shape index (κ1) is 18.3. The summed E-state index contributed by atoms with van der Waals surface area (Å²) in [4.78, 5) is 9.20. The van der Waals surface area contributed by atoms with E-state index in [1.165, 1.54) is 0 Å². The first-order valence-electron chi connectivity index (χ1n) is 8.52. The van der Waals surface area contributed by atoms with Crippen molar-refractivity contribution in [1.82, 2.24) is 9.97 Å². The number of benzene rings is 2. The van der Waals surface area contributed by atoms with Gasteiger partial charge in [-0.3, -0.25) is 0 Å². The van der Waals surface area contributed by atoms with Crippen LogP contribution in [0.3, 0.4) is 0 Å². The predicted octanol–water partition coefficient (Wildman–Crippen LogP) is 4.50. The predicted molar refractivity (Wildman–Crippen MR) is 109 cm³/mol. The van der Waals surface area contributed by atoms with Crippen LogP contribution in [0, 0.1) is 0 Å². The highest BCUT2D eigenvalue weighted by Crippen LogP contribution is 2.31. The summed E-state index contributed by atoms with van der Waals surface area (Å²) >= 11 is 0. The molecule has 0 aliphatic rings. The van der Waals surface area contributed by atoms with Crippen molar-refractivity contribution in [2.75, 3.05) is 31.4 Å². The Balaban J connectivity index is 2.00. The molecule has 0 atom stereocenters. The average molecular weight is 362 g/mol. The third kappa shape index (κ3) is 4.55. The van der Waals surface area contributed by atoms with Gasteiger partial charge in [0.05, 0.1) is 25.6 Å². The zero-order chi connectivity index (χ0) is 19.1. The second-order valence-corrected chi connectivity index (χ2v) is 5.69. The third-order valence-corrected chi connectivity index (χ3v) is 3.88. The lowest BCUT2D eigenvalue weighted by Crippen LogP contribution is -2.06. The van der Waals surface area contributed by atoms with E-state index in [9.17, 15) is 0 Å². The molecule has 0 unspecified atom stereocenters. The number of aromatic nitrogens is 2. The SMILES string of the molecule is C=CCNc1cc(-c2ccccc2)nc(Nc2cc(OC)ccc2OC)n1. The molecule has 0 aliphatic carbocycles. The summed E-state index contributed by atoms with van der Waals surface area (Å²) in [7, 11) is 3.24. The highest BCUT2D eigenvalue weighted by atomic mass is 16.5. The maximum Gasteiger partial charge on any atom is 0.229 e. The van der Waals surface area contributed by atoms with Gasteiger partial charge in [-0.2, -0.15) is 4.98 Å². The van der Waals surface area contributed by atoms with E-state index in [4.69, 9.17) is 9.47 Å². The van der Waals surface area contributed by atoms with Crippen molar-refractivity contribution in [2.24, 2.45) is 0 Å². The van der Waals surface area contributed by atoms with Gasteiger partial charge in [-0.25, -0.2) is 4.98 Å². The number of hydrogen-bond donors (Lipinski definition) is 2. The monoisotopic (exact) mass is 362 g/mol. The first-order chi connectivity index (χ1) is 13.2. The minimum atomic E-state index is 0.453. The Bertz CT molecular complexity index is 913. The van der Waals surface area contributed by atoms with Gasteiger partial charge in [0.25, 0.3) is 0 Å². The van der Waals surface area contributed by atoms with Gasteiger partial charge in [0.15, 0.2) is 0 Å². The molecule has 6 nitrogen and oxygen atoms in total. The van der Waals surface area contributed by atoms with E-state index < -0.39 is 0 Å². The molecule has 0 radical (unpaired) electrons. The number of nitrogens with zero attached hydrogens (tertiary/aromatic N) is 2. The van der Waals surface area contributed by atoms with Crippen LogP contribution >= 0.6 is 0 Å². The Kier molecular flexibility index (Phi) is 5.89. The third-order valence-electron chi connectivity index (χ3n) is 3.88. The van der Waals surface area contributed by atoms with Crippen molar-refractivity contribution in [1.29, 1.82) is 0 Å². The number of methoxy groups -OCH3 is 2. The second kappa shape index (κ2) is 8.71. The molecule has 138 valence electrons. The van der Waals surface area contributed by atoms with Gasteiger partial charge < -0.3 is 20.1 Å². The maximum absolute atomic E-state index is 5.42. The molecule has 27 heavy (non-hydrogen) atoms. The van der Waals surface area contributed by atoms with Crippen LogP contribution in [0.4, 0.5) is 17.5 Å². The van der Waals surface area contributed by atoms with Crippen molar-refractivity contribution in [3.05, 3.63) is 67.3 Å². The zero-order valence-corrected chi connectivity index (χ0v) is 15.4. The summed E-state index contributed by atoms with van der Waals surface area (Å²) in [5, 5.41) is 6.45. The minimum absolute atomic E-state index is 0.453. The lowest BCUT2D eigenvalue weighted by atomic mass is 10.1. The molecule has 0 bridgehead atoms. The number of rotatable bonds is 8. The van der Waals surface area contributed by atoms with Crippen molar-refractivity contribution in [3.63, 3.8) is 0 Å². The Morgan fingerprint density at radius 1 is 1.00 bits per heavy atom. The smallest absolute Gasteiger partial charge is 0.229 e. The van der Waals surface area contributed by atoms with E-state index in [1.54, 1.807) is 20.3 Å². The lowest BCUT2D eigenvalue weighted by molar-refractivity contribution is 0.405. The standard InChI is InChI=1S/C21H22N4O2/c1-4-12-22-20-14-17(15-8-6-5-7-9-15)23-21(25-20)24-18-13-16(26-2)10-11-19(18)27-3/h4-11,13-14H,1,12H2,2-3H3,(H2,22,23,24,25). The van der Waals surface area contributed by atoms with Crippen LogP contribution in [-0.2, 0) is 0 Å². The van der Waals surface area contributed by atoms with Crippen LogP contribution in [0.5, 0.6) is 11.5 Å². The van der Waals surface area contributed by atoms with Crippen LogP contribution in [0.25, 0.3) is 11.3 Å². The minimum Gasteiger partial charge on any atom is -0.497 e. The number of nitrogens with one attached hydrogen (secondary N) is 2. The number of anilines is 3. The van der Waals surface area contributed by atoms with Crippen LogP contribution < -0.4 is 20.1 Å². The highest BCUT2D eigenvalue weighted by molar-refractivity contribution is 5.69. The van der Waals surface area contributed by atoms with Gasteiger partial charge in [0.1, 0.15) is 17.3 Å². The van der Waals surface area contributed by atoms with Crippen LogP contribution in [0.1, 0.15) is 0 Å². The molecule has 0 saturated carbocycles. The highest BCUT2D eigenvalue weighted by Gasteiger charge is 2.10. The fourth-order valence-electron chi connectivity index (χ4n) is 2.56. The fourth-order valence-corrected chi connectivity index (χ4v) is 2.56. The summed E-state index contributed by atoms with van der Waals surface area (Å²) in [5.41, 5.74) is 2.53. The summed E-state index contributed by atoms with van der Waals surface area (Å²) < 4.78 is 10.7. The van der Waals surface area contributed by atoms with Crippen molar-refractivity contribution in [2.45, 2.75) is 0 Å².